The van der Waals surface area contributed by atoms with Gasteiger partial charge < -0.3 is 10.6 Å². The third kappa shape index (κ3) is 2.66. The molecule has 0 bridgehead atoms. The summed E-state index contributed by atoms with van der Waals surface area (Å²) in [5, 5.41) is 5.65. The van der Waals surface area contributed by atoms with Crippen molar-refractivity contribution in [1.82, 2.24) is 0 Å². The summed E-state index contributed by atoms with van der Waals surface area (Å²) in [4.78, 5) is 24.9. The Hall–Kier alpha value is -2.76. The summed E-state index contributed by atoms with van der Waals surface area (Å²) < 4.78 is 26.4. The molecular formula is C20H18F2N2O2. The van der Waals surface area contributed by atoms with E-state index in [1.54, 1.807) is 12.1 Å². The molecule has 2 aromatic carbocycles. The minimum atomic E-state index is -1.07. The molecular weight excluding hydrogens is 338 g/mol. The number of carbonyl (C=O) groups excluding carboxylic acids is 2. The Balaban J connectivity index is 1.62. The van der Waals surface area contributed by atoms with E-state index < -0.39 is 23.0 Å². The van der Waals surface area contributed by atoms with Crippen molar-refractivity contribution in [3.05, 3.63) is 59.2 Å². The first kappa shape index (κ1) is 16.7. The topological polar surface area (TPSA) is 58.2 Å². The largest absolute Gasteiger partial charge is 0.325 e. The van der Waals surface area contributed by atoms with E-state index >= 15 is 0 Å². The van der Waals surface area contributed by atoms with Gasteiger partial charge in [0.1, 0.15) is 0 Å². The van der Waals surface area contributed by atoms with Gasteiger partial charge in [0.2, 0.25) is 5.91 Å². The fraction of sp³-hybridized carbons (Fsp3) is 0.300. The lowest BCUT2D eigenvalue weighted by molar-refractivity contribution is -0.121. The monoisotopic (exact) mass is 356 g/mol. The molecule has 134 valence electrons. The highest BCUT2D eigenvalue weighted by atomic mass is 19.2. The number of hydrogen-bond donors (Lipinski definition) is 2. The van der Waals surface area contributed by atoms with Crippen molar-refractivity contribution >= 4 is 23.2 Å². The van der Waals surface area contributed by atoms with E-state index in [4.69, 9.17) is 0 Å². The quantitative estimate of drug-likeness (QED) is 0.839. The highest BCUT2D eigenvalue weighted by Crippen LogP contribution is 2.48. The van der Waals surface area contributed by atoms with Crippen LogP contribution in [0.1, 0.15) is 48.0 Å². The van der Waals surface area contributed by atoms with Crippen LogP contribution in [0.25, 0.3) is 0 Å². The van der Waals surface area contributed by atoms with Gasteiger partial charge in [-0.25, -0.2) is 8.78 Å². The molecule has 4 rings (SSSR count). The van der Waals surface area contributed by atoms with E-state index in [1.165, 1.54) is 6.07 Å². The summed E-state index contributed by atoms with van der Waals surface area (Å²) >= 11 is 0. The molecule has 2 amide bonds. The van der Waals surface area contributed by atoms with Crippen LogP contribution in [-0.4, -0.2) is 11.8 Å². The fourth-order valence-corrected chi connectivity index (χ4v) is 3.98. The molecule has 0 unspecified atom stereocenters. The molecule has 0 aromatic heterocycles. The lowest BCUT2D eigenvalue weighted by Gasteiger charge is -2.31. The summed E-state index contributed by atoms with van der Waals surface area (Å²) in [5.74, 6) is -2.57. The van der Waals surface area contributed by atoms with Gasteiger partial charge in [0, 0.05) is 16.9 Å². The van der Waals surface area contributed by atoms with Gasteiger partial charge in [-0.1, -0.05) is 19.3 Å². The zero-order valence-electron chi connectivity index (χ0n) is 14.1. The molecule has 2 aliphatic rings. The molecule has 1 spiro atoms. The van der Waals surface area contributed by atoms with Gasteiger partial charge in [0.25, 0.3) is 5.91 Å². The number of fused-ring (bicyclic) bond motifs is 2. The van der Waals surface area contributed by atoms with E-state index in [9.17, 15) is 18.4 Å². The summed E-state index contributed by atoms with van der Waals surface area (Å²) in [6.45, 7) is 0. The van der Waals surface area contributed by atoms with Crippen molar-refractivity contribution in [2.24, 2.45) is 0 Å². The maximum atomic E-state index is 13.3. The molecule has 1 aliphatic heterocycles. The first-order valence-electron chi connectivity index (χ1n) is 8.72. The number of nitrogens with one attached hydrogen (secondary N) is 2. The number of carbonyl (C=O) groups is 2. The van der Waals surface area contributed by atoms with Crippen LogP contribution >= 0.6 is 0 Å². The number of rotatable bonds is 2. The Kier molecular flexibility index (Phi) is 3.98. The van der Waals surface area contributed by atoms with Crippen LogP contribution in [0, 0.1) is 11.6 Å². The van der Waals surface area contributed by atoms with Crippen LogP contribution < -0.4 is 10.6 Å². The van der Waals surface area contributed by atoms with Crippen LogP contribution in [-0.2, 0) is 10.2 Å². The Bertz CT molecular complexity index is 905. The third-order valence-electron chi connectivity index (χ3n) is 5.36. The first-order valence-corrected chi connectivity index (χ1v) is 8.72. The Morgan fingerprint density at radius 2 is 1.77 bits per heavy atom. The standard InChI is InChI=1S/C20H18F2N2O2/c21-15-6-4-12(10-16(15)22)18(25)23-13-5-7-17-14(11-13)20(19(26)24-17)8-2-1-3-9-20/h4-7,10-11H,1-3,8-9H2,(H,23,25)(H,24,26). The van der Waals surface area contributed by atoms with Crippen molar-refractivity contribution in [2.75, 3.05) is 10.6 Å². The summed E-state index contributed by atoms with van der Waals surface area (Å²) in [5.41, 5.74) is 1.73. The predicted molar refractivity (Wildman–Crippen MR) is 94.1 cm³/mol. The van der Waals surface area contributed by atoms with Crippen LogP contribution in [0.5, 0.6) is 0 Å². The number of anilines is 2. The van der Waals surface area contributed by atoms with Gasteiger partial charge in [0.05, 0.1) is 5.41 Å². The van der Waals surface area contributed by atoms with Gasteiger partial charge >= 0.3 is 0 Å². The van der Waals surface area contributed by atoms with Crippen molar-refractivity contribution in [1.29, 1.82) is 0 Å². The molecule has 0 radical (unpaired) electrons. The van der Waals surface area contributed by atoms with Gasteiger partial charge in [-0.3, -0.25) is 9.59 Å². The first-order chi connectivity index (χ1) is 12.5. The predicted octanol–water partition coefficient (Wildman–Crippen LogP) is 4.37. The normalized spacial score (nSPS) is 17.7. The van der Waals surface area contributed by atoms with Crippen LogP contribution in [0.2, 0.25) is 0 Å². The minimum absolute atomic E-state index is 0.0243. The second-order valence-electron chi connectivity index (χ2n) is 6.94. The summed E-state index contributed by atoms with van der Waals surface area (Å²) in [6, 6.07) is 8.31. The number of amides is 2. The third-order valence-corrected chi connectivity index (χ3v) is 5.36. The molecule has 0 saturated heterocycles. The molecule has 4 nitrogen and oxygen atoms in total. The SMILES string of the molecule is O=C(Nc1ccc2c(c1)C1(CCCCC1)C(=O)N2)c1ccc(F)c(F)c1. The molecule has 1 heterocycles. The maximum Gasteiger partial charge on any atom is 0.255 e. The molecule has 1 fully saturated rings. The lowest BCUT2D eigenvalue weighted by atomic mass is 9.70. The van der Waals surface area contributed by atoms with Crippen molar-refractivity contribution in [2.45, 2.75) is 37.5 Å². The van der Waals surface area contributed by atoms with Gasteiger partial charge in [-0.2, -0.15) is 0 Å². The van der Waals surface area contributed by atoms with Crippen molar-refractivity contribution in [3.63, 3.8) is 0 Å². The average molecular weight is 356 g/mol. The molecule has 2 N–H and O–H groups in total. The fourth-order valence-electron chi connectivity index (χ4n) is 3.98. The van der Waals surface area contributed by atoms with Crippen molar-refractivity contribution in [3.8, 4) is 0 Å². The van der Waals surface area contributed by atoms with E-state index in [1.807, 2.05) is 6.07 Å². The zero-order chi connectivity index (χ0) is 18.3. The zero-order valence-corrected chi connectivity index (χ0v) is 14.1. The molecule has 1 saturated carbocycles. The molecule has 6 heteroatoms. The maximum absolute atomic E-state index is 13.3. The Labute approximate surface area is 149 Å². The van der Waals surface area contributed by atoms with Crippen LogP contribution in [0.4, 0.5) is 20.2 Å². The second kappa shape index (κ2) is 6.20. The van der Waals surface area contributed by atoms with Crippen molar-refractivity contribution < 1.29 is 18.4 Å². The number of benzene rings is 2. The summed E-state index contributed by atoms with van der Waals surface area (Å²) in [6.07, 6.45) is 4.71. The molecule has 1 aliphatic carbocycles. The highest BCUT2D eigenvalue weighted by Gasteiger charge is 2.47. The van der Waals surface area contributed by atoms with Gasteiger partial charge in [-0.05, 0) is 54.8 Å². The van der Waals surface area contributed by atoms with E-state index in [0.29, 0.717) is 5.69 Å². The average Bonchev–Trinajstić information content (AvgIpc) is 2.89. The van der Waals surface area contributed by atoms with Crippen LogP contribution in [0.3, 0.4) is 0 Å². The second-order valence-corrected chi connectivity index (χ2v) is 6.94. The van der Waals surface area contributed by atoms with E-state index in [2.05, 4.69) is 10.6 Å². The Morgan fingerprint density at radius 3 is 2.50 bits per heavy atom. The lowest BCUT2D eigenvalue weighted by Crippen LogP contribution is -2.36. The smallest absolute Gasteiger partial charge is 0.255 e. The Morgan fingerprint density at radius 1 is 1.00 bits per heavy atom. The highest BCUT2D eigenvalue weighted by molar-refractivity contribution is 6.08. The van der Waals surface area contributed by atoms with Gasteiger partial charge in [0.15, 0.2) is 11.6 Å². The van der Waals surface area contributed by atoms with E-state index in [-0.39, 0.29) is 11.5 Å². The summed E-state index contributed by atoms with van der Waals surface area (Å²) in [7, 11) is 0. The van der Waals surface area contributed by atoms with Crippen LogP contribution in [0.15, 0.2) is 36.4 Å². The van der Waals surface area contributed by atoms with Gasteiger partial charge in [-0.15, -0.1) is 0 Å². The number of halogens is 2. The number of hydrogen-bond acceptors (Lipinski definition) is 2. The molecule has 2 aromatic rings. The minimum Gasteiger partial charge on any atom is -0.325 e. The molecule has 0 atom stereocenters. The molecule has 26 heavy (non-hydrogen) atoms. The van der Waals surface area contributed by atoms with E-state index in [0.717, 1.165) is 55.5 Å².